The average molecular weight is 270 g/mol. The molecule has 104 valence electrons. The molecule has 2 aliphatic rings. The highest BCUT2D eigenvalue weighted by molar-refractivity contribution is 6.13. The molecule has 3 rings (SSSR count). The first kappa shape index (κ1) is 13.1. The van der Waals surface area contributed by atoms with E-state index in [2.05, 4.69) is 6.08 Å². The summed E-state index contributed by atoms with van der Waals surface area (Å²) < 4.78 is 5.23. The molecule has 2 aliphatic carbocycles. The quantitative estimate of drug-likeness (QED) is 0.365. The van der Waals surface area contributed by atoms with Crippen molar-refractivity contribution in [2.75, 3.05) is 6.61 Å². The van der Waals surface area contributed by atoms with Crippen molar-refractivity contribution in [1.29, 1.82) is 0 Å². The van der Waals surface area contributed by atoms with Crippen LogP contribution in [0, 0.1) is 17.3 Å². The Balaban J connectivity index is 2.01. The number of ketones is 1. The number of carbonyl (C=O) groups is 2. The van der Waals surface area contributed by atoms with E-state index in [1.165, 1.54) is 0 Å². The number of allylic oxidation sites excluding steroid dienone is 2. The lowest BCUT2D eigenvalue weighted by Crippen LogP contribution is -2.44. The summed E-state index contributed by atoms with van der Waals surface area (Å²) in [7, 11) is 0. The van der Waals surface area contributed by atoms with Gasteiger partial charge in [-0.3, -0.25) is 9.59 Å². The molecule has 0 radical (unpaired) electrons. The second-order valence-corrected chi connectivity index (χ2v) is 5.58. The highest BCUT2D eigenvalue weighted by Crippen LogP contribution is 2.54. The minimum absolute atomic E-state index is 0.0146. The summed E-state index contributed by atoms with van der Waals surface area (Å²) in [5.74, 6) is -0.129. The largest absolute Gasteiger partial charge is 0.465 e. The molecule has 20 heavy (non-hydrogen) atoms. The normalized spacial score (nSPS) is 30.4. The van der Waals surface area contributed by atoms with Gasteiger partial charge in [0.15, 0.2) is 5.78 Å². The molecular weight excluding hydrogens is 252 g/mol. The van der Waals surface area contributed by atoms with E-state index in [-0.39, 0.29) is 17.7 Å². The number of benzene rings is 1. The van der Waals surface area contributed by atoms with Crippen molar-refractivity contribution in [1.82, 2.24) is 0 Å². The molecule has 0 amide bonds. The number of fused-ring (bicyclic) bond motifs is 2. The maximum absolute atomic E-state index is 12.9. The van der Waals surface area contributed by atoms with Gasteiger partial charge in [0, 0.05) is 11.5 Å². The predicted molar refractivity (Wildman–Crippen MR) is 75.2 cm³/mol. The zero-order chi connectivity index (χ0) is 14.2. The molecule has 0 saturated heterocycles. The summed E-state index contributed by atoms with van der Waals surface area (Å²) in [6, 6.07) is 9.08. The highest BCUT2D eigenvalue weighted by Gasteiger charge is 2.59. The van der Waals surface area contributed by atoms with Crippen LogP contribution in [0.2, 0.25) is 0 Å². The Hall–Kier alpha value is -1.90. The van der Waals surface area contributed by atoms with E-state index < -0.39 is 5.41 Å². The molecule has 0 heterocycles. The van der Waals surface area contributed by atoms with Crippen molar-refractivity contribution in [3.8, 4) is 0 Å². The van der Waals surface area contributed by atoms with E-state index in [4.69, 9.17) is 4.74 Å². The van der Waals surface area contributed by atoms with Crippen molar-refractivity contribution in [2.24, 2.45) is 17.3 Å². The van der Waals surface area contributed by atoms with Crippen LogP contribution in [0.1, 0.15) is 30.1 Å². The molecular formula is C17H18O3. The summed E-state index contributed by atoms with van der Waals surface area (Å²) in [6.07, 6.45) is 5.62. The van der Waals surface area contributed by atoms with Gasteiger partial charge >= 0.3 is 5.97 Å². The van der Waals surface area contributed by atoms with Crippen LogP contribution in [0.25, 0.3) is 0 Å². The summed E-state index contributed by atoms with van der Waals surface area (Å²) in [5, 5.41) is 0. The fourth-order valence-corrected chi connectivity index (χ4v) is 3.55. The van der Waals surface area contributed by atoms with Crippen LogP contribution in [0.3, 0.4) is 0 Å². The Morgan fingerprint density at radius 3 is 2.55 bits per heavy atom. The van der Waals surface area contributed by atoms with E-state index in [1.54, 1.807) is 19.1 Å². The van der Waals surface area contributed by atoms with Gasteiger partial charge in [-0.25, -0.2) is 0 Å². The lowest BCUT2D eigenvalue weighted by Gasteiger charge is -2.31. The van der Waals surface area contributed by atoms with Crippen molar-refractivity contribution in [3.63, 3.8) is 0 Å². The van der Waals surface area contributed by atoms with Gasteiger partial charge in [-0.1, -0.05) is 42.5 Å². The third-order valence-electron chi connectivity index (χ3n) is 4.47. The number of Topliss-reactive ketones (excluding diaryl/α,β-unsaturated/α-hetero) is 1. The second-order valence-electron chi connectivity index (χ2n) is 5.58. The fraction of sp³-hybridized carbons (Fsp3) is 0.412. The third-order valence-corrected chi connectivity index (χ3v) is 4.47. The molecule has 3 heteroatoms. The molecule has 3 atom stereocenters. The van der Waals surface area contributed by atoms with Gasteiger partial charge in [-0.15, -0.1) is 0 Å². The van der Waals surface area contributed by atoms with Crippen LogP contribution in [-0.2, 0) is 9.53 Å². The maximum atomic E-state index is 12.9. The maximum Gasteiger partial charge on any atom is 0.320 e. The van der Waals surface area contributed by atoms with Crippen LogP contribution in [0.15, 0.2) is 42.5 Å². The SMILES string of the molecule is CCOC(=O)[C@@]1(C(=O)c2ccccc2)C[C@@H]2C=C[C@H]1C2. The van der Waals surface area contributed by atoms with Crippen molar-refractivity contribution in [3.05, 3.63) is 48.0 Å². The molecule has 0 spiro atoms. The lowest BCUT2D eigenvalue weighted by molar-refractivity contribution is -0.153. The molecule has 3 nitrogen and oxygen atoms in total. The van der Waals surface area contributed by atoms with E-state index in [9.17, 15) is 9.59 Å². The van der Waals surface area contributed by atoms with Crippen molar-refractivity contribution < 1.29 is 14.3 Å². The van der Waals surface area contributed by atoms with Gasteiger partial charge in [0.2, 0.25) is 0 Å². The van der Waals surface area contributed by atoms with Gasteiger partial charge in [0.1, 0.15) is 5.41 Å². The molecule has 1 fully saturated rings. The number of hydrogen-bond donors (Lipinski definition) is 0. The minimum atomic E-state index is -1.00. The first-order chi connectivity index (χ1) is 9.68. The molecule has 1 saturated carbocycles. The van der Waals surface area contributed by atoms with Gasteiger partial charge in [-0.05, 0) is 25.7 Å². The highest BCUT2D eigenvalue weighted by atomic mass is 16.5. The topological polar surface area (TPSA) is 43.4 Å². The average Bonchev–Trinajstić information content (AvgIpc) is 3.09. The zero-order valence-corrected chi connectivity index (χ0v) is 11.5. The fourth-order valence-electron chi connectivity index (χ4n) is 3.55. The Kier molecular flexibility index (Phi) is 3.20. The standard InChI is InChI=1S/C17H18O3/c1-2-20-16(19)17(11-12-8-9-14(17)10-12)15(18)13-6-4-3-5-7-13/h3-9,12,14H,2,10-11H2,1H3/t12-,14+,17+/m1/s1. The predicted octanol–water partition coefficient (Wildman–Crippen LogP) is 3.01. The van der Waals surface area contributed by atoms with E-state index in [0.717, 1.165) is 6.42 Å². The molecule has 0 aliphatic heterocycles. The van der Waals surface area contributed by atoms with Gasteiger partial charge < -0.3 is 4.74 Å². The lowest BCUT2D eigenvalue weighted by atomic mass is 9.70. The van der Waals surface area contributed by atoms with Gasteiger partial charge in [-0.2, -0.15) is 0 Å². The molecule has 1 aromatic rings. The first-order valence-electron chi connectivity index (χ1n) is 7.14. The van der Waals surface area contributed by atoms with Crippen LogP contribution in [0.5, 0.6) is 0 Å². The smallest absolute Gasteiger partial charge is 0.320 e. The van der Waals surface area contributed by atoms with Crippen LogP contribution in [0.4, 0.5) is 0 Å². The number of esters is 1. The summed E-state index contributed by atoms with van der Waals surface area (Å²) in [5.41, 5.74) is -0.405. The number of hydrogen-bond acceptors (Lipinski definition) is 3. The molecule has 0 aromatic heterocycles. The van der Waals surface area contributed by atoms with Crippen LogP contribution >= 0.6 is 0 Å². The Morgan fingerprint density at radius 1 is 1.25 bits per heavy atom. The van der Waals surface area contributed by atoms with Crippen LogP contribution < -0.4 is 0 Å². The Bertz CT molecular complexity index is 561. The minimum Gasteiger partial charge on any atom is -0.465 e. The monoisotopic (exact) mass is 270 g/mol. The molecule has 0 unspecified atom stereocenters. The van der Waals surface area contributed by atoms with Crippen molar-refractivity contribution in [2.45, 2.75) is 19.8 Å². The van der Waals surface area contributed by atoms with Gasteiger partial charge in [0.25, 0.3) is 0 Å². The molecule has 1 aromatic carbocycles. The van der Waals surface area contributed by atoms with E-state index in [0.29, 0.717) is 24.5 Å². The summed E-state index contributed by atoms with van der Waals surface area (Å²) in [6.45, 7) is 2.09. The second kappa shape index (κ2) is 4.89. The number of rotatable bonds is 4. The summed E-state index contributed by atoms with van der Waals surface area (Å²) in [4.78, 5) is 25.4. The first-order valence-corrected chi connectivity index (χ1v) is 7.14. The molecule has 0 N–H and O–H groups in total. The van der Waals surface area contributed by atoms with Crippen LogP contribution in [-0.4, -0.2) is 18.4 Å². The number of carbonyl (C=O) groups excluding carboxylic acids is 2. The third kappa shape index (κ3) is 1.80. The Morgan fingerprint density at radius 2 is 2.00 bits per heavy atom. The van der Waals surface area contributed by atoms with E-state index in [1.807, 2.05) is 24.3 Å². The number of ether oxygens (including phenoxy) is 1. The van der Waals surface area contributed by atoms with Gasteiger partial charge in [0.05, 0.1) is 6.61 Å². The molecule has 2 bridgehead atoms. The summed E-state index contributed by atoms with van der Waals surface area (Å²) >= 11 is 0. The van der Waals surface area contributed by atoms with Crippen molar-refractivity contribution >= 4 is 11.8 Å². The zero-order valence-electron chi connectivity index (χ0n) is 11.5. The Labute approximate surface area is 118 Å². The van der Waals surface area contributed by atoms with E-state index >= 15 is 0 Å².